The fraction of sp³-hybridized carbons (Fsp3) is 0.700. The molecule has 0 bridgehead atoms. The average molecular weight is 179 g/mol. The second-order valence-electron chi connectivity index (χ2n) is 4.77. The van der Waals surface area contributed by atoms with E-state index in [0.717, 1.165) is 12.8 Å². The van der Waals surface area contributed by atoms with Gasteiger partial charge in [-0.2, -0.15) is 5.10 Å². The Kier molecular flexibility index (Phi) is 1.74. The Morgan fingerprint density at radius 2 is 2.23 bits per heavy atom. The van der Waals surface area contributed by atoms with E-state index in [1.807, 2.05) is 6.20 Å². The van der Waals surface area contributed by atoms with Gasteiger partial charge in [-0.1, -0.05) is 0 Å². The third-order valence-electron chi connectivity index (χ3n) is 2.63. The van der Waals surface area contributed by atoms with Gasteiger partial charge in [-0.25, -0.2) is 0 Å². The van der Waals surface area contributed by atoms with Crippen molar-refractivity contribution in [2.75, 3.05) is 0 Å². The van der Waals surface area contributed by atoms with Gasteiger partial charge >= 0.3 is 0 Å². The first-order valence-electron chi connectivity index (χ1n) is 4.83. The van der Waals surface area contributed by atoms with E-state index in [4.69, 9.17) is 5.73 Å². The van der Waals surface area contributed by atoms with Crippen molar-refractivity contribution in [3.8, 4) is 0 Å². The van der Waals surface area contributed by atoms with Crippen molar-refractivity contribution in [1.29, 1.82) is 0 Å². The molecule has 13 heavy (non-hydrogen) atoms. The predicted octanol–water partition coefficient (Wildman–Crippen LogP) is 1.58. The normalized spacial score (nSPS) is 22.0. The van der Waals surface area contributed by atoms with E-state index in [0.29, 0.717) is 0 Å². The Labute approximate surface area is 78.9 Å². The number of nitrogens with two attached hydrogens (primary N) is 1. The smallest absolute Gasteiger partial charge is 0.0546 e. The molecule has 0 amide bonds. The van der Waals surface area contributed by atoms with E-state index < -0.39 is 0 Å². The van der Waals surface area contributed by atoms with E-state index >= 15 is 0 Å². The summed E-state index contributed by atoms with van der Waals surface area (Å²) in [5.74, 6) is 0. The minimum Gasteiger partial charge on any atom is -0.324 e. The number of hydrogen-bond donors (Lipinski definition) is 1. The summed E-state index contributed by atoms with van der Waals surface area (Å²) in [5.41, 5.74) is 8.61. The number of aromatic nitrogens is 2. The van der Waals surface area contributed by atoms with Gasteiger partial charge in [0, 0.05) is 17.3 Å². The summed E-state index contributed by atoms with van der Waals surface area (Å²) in [4.78, 5) is 0. The first-order valence-corrected chi connectivity index (χ1v) is 4.83. The fourth-order valence-electron chi connectivity index (χ4n) is 1.97. The lowest BCUT2D eigenvalue weighted by Gasteiger charge is -2.21. The van der Waals surface area contributed by atoms with Crippen LogP contribution in [-0.4, -0.2) is 9.78 Å². The van der Waals surface area contributed by atoms with E-state index in [-0.39, 0.29) is 11.6 Å². The Hall–Kier alpha value is -0.830. The van der Waals surface area contributed by atoms with Crippen molar-refractivity contribution < 1.29 is 0 Å². The van der Waals surface area contributed by atoms with Crippen LogP contribution < -0.4 is 5.73 Å². The second-order valence-corrected chi connectivity index (χ2v) is 4.77. The molecule has 3 nitrogen and oxygen atoms in total. The zero-order valence-electron chi connectivity index (χ0n) is 8.54. The van der Waals surface area contributed by atoms with Crippen LogP contribution in [0.25, 0.3) is 0 Å². The molecule has 1 aliphatic rings. The maximum absolute atomic E-state index is 5.95. The van der Waals surface area contributed by atoms with Crippen LogP contribution in [0.1, 0.15) is 44.5 Å². The third-order valence-corrected chi connectivity index (χ3v) is 2.63. The number of nitrogens with zero attached hydrogens (tertiary/aromatic N) is 2. The SMILES string of the molecule is CC(C)(C)n1ncc2c1CC[C@@H]2N. The number of hydrogen-bond acceptors (Lipinski definition) is 2. The molecule has 1 aromatic heterocycles. The van der Waals surface area contributed by atoms with Crippen molar-refractivity contribution in [1.82, 2.24) is 9.78 Å². The molecule has 0 fully saturated rings. The molecule has 0 unspecified atom stereocenters. The van der Waals surface area contributed by atoms with Gasteiger partial charge in [-0.15, -0.1) is 0 Å². The summed E-state index contributed by atoms with van der Waals surface area (Å²) in [6, 6.07) is 0.214. The minimum absolute atomic E-state index is 0.0810. The topological polar surface area (TPSA) is 43.8 Å². The first kappa shape index (κ1) is 8.75. The molecule has 3 heteroatoms. The van der Waals surface area contributed by atoms with Gasteiger partial charge in [-0.05, 0) is 33.6 Å². The van der Waals surface area contributed by atoms with Crippen LogP contribution >= 0.6 is 0 Å². The zero-order valence-corrected chi connectivity index (χ0v) is 8.54. The highest BCUT2D eigenvalue weighted by atomic mass is 15.3. The van der Waals surface area contributed by atoms with E-state index in [2.05, 4.69) is 30.6 Å². The molecule has 2 N–H and O–H groups in total. The summed E-state index contributed by atoms with van der Waals surface area (Å²) in [5, 5.41) is 4.40. The van der Waals surface area contributed by atoms with Gasteiger partial charge in [0.05, 0.1) is 11.7 Å². The lowest BCUT2D eigenvalue weighted by atomic mass is 10.1. The van der Waals surface area contributed by atoms with Gasteiger partial charge in [0.2, 0.25) is 0 Å². The highest BCUT2D eigenvalue weighted by Gasteiger charge is 2.27. The Morgan fingerprint density at radius 1 is 1.54 bits per heavy atom. The van der Waals surface area contributed by atoms with Crippen LogP contribution in [0.4, 0.5) is 0 Å². The zero-order chi connectivity index (χ0) is 9.64. The highest BCUT2D eigenvalue weighted by Crippen LogP contribution is 2.31. The molecule has 0 aromatic carbocycles. The molecule has 0 aliphatic heterocycles. The summed E-state index contributed by atoms with van der Waals surface area (Å²) in [6.07, 6.45) is 4.08. The quantitative estimate of drug-likeness (QED) is 0.657. The molecule has 2 rings (SSSR count). The molecule has 0 radical (unpaired) electrons. The van der Waals surface area contributed by atoms with E-state index in [1.165, 1.54) is 11.3 Å². The highest BCUT2D eigenvalue weighted by molar-refractivity contribution is 5.27. The van der Waals surface area contributed by atoms with Crippen LogP contribution in [-0.2, 0) is 12.0 Å². The largest absolute Gasteiger partial charge is 0.324 e. The Bertz CT molecular complexity index is 319. The van der Waals surface area contributed by atoms with Crippen molar-refractivity contribution in [3.63, 3.8) is 0 Å². The summed E-state index contributed by atoms with van der Waals surface area (Å²) >= 11 is 0. The number of fused-ring (bicyclic) bond motifs is 1. The monoisotopic (exact) mass is 179 g/mol. The first-order chi connectivity index (χ1) is 6.00. The second kappa shape index (κ2) is 2.58. The lowest BCUT2D eigenvalue weighted by Crippen LogP contribution is -2.24. The average Bonchev–Trinajstić information content (AvgIpc) is 2.51. The Balaban J connectivity index is 2.47. The van der Waals surface area contributed by atoms with Crippen molar-refractivity contribution in [2.24, 2.45) is 5.73 Å². The van der Waals surface area contributed by atoms with Crippen LogP contribution in [0.3, 0.4) is 0 Å². The third kappa shape index (κ3) is 1.27. The summed E-state index contributed by atoms with van der Waals surface area (Å²) in [6.45, 7) is 6.51. The molecule has 72 valence electrons. The molecule has 1 aliphatic carbocycles. The lowest BCUT2D eigenvalue weighted by molar-refractivity contribution is 0.344. The molecule has 1 heterocycles. The maximum Gasteiger partial charge on any atom is 0.0546 e. The van der Waals surface area contributed by atoms with Crippen molar-refractivity contribution >= 4 is 0 Å². The predicted molar refractivity (Wildman–Crippen MR) is 52.5 cm³/mol. The molecule has 1 atom stereocenters. The standard InChI is InChI=1S/C10H17N3/c1-10(2,3)13-9-5-4-8(11)7(9)6-12-13/h6,8H,4-5,11H2,1-3H3/t8-/m0/s1. The minimum atomic E-state index is 0.0810. The molecular formula is C10H17N3. The van der Waals surface area contributed by atoms with E-state index in [1.54, 1.807) is 0 Å². The van der Waals surface area contributed by atoms with Crippen LogP contribution in [0, 0.1) is 0 Å². The molecular weight excluding hydrogens is 162 g/mol. The molecule has 0 spiro atoms. The van der Waals surface area contributed by atoms with Crippen LogP contribution in [0.5, 0.6) is 0 Å². The van der Waals surface area contributed by atoms with Crippen LogP contribution in [0.15, 0.2) is 6.20 Å². The van der Waals surface area contributed by atoms with Gasteiger partial charge in [0.15, 0.2) is 0 Å². The number of rotatable bonds is 0. The maximum atomic E-state index is 5.95. The van der Waals surface area contributed by atoms with Gasteiger partial charge < -0.3 is 5.73 Å². The molecule has 0 saturated heterocycles. The van der Waals surface area contributed by atoms with Gasteiger partial charge in [0.25, 0.3) is 0 Å². The van der Waals surface area contributed by atoms with E-state index in [9.17, 15) is 0 Å². The molecule has 0 saturated carbocycles. The molecule has 1 aromatic rings. The van der Waals surface area contributed by atoms with Crippen LogP contribution in [0.2, 0.25) is 0 Å². The van der Waals surface area contributed by atoms with Crippen molar-refractivity contribution in [2.45, 2.75) is 45.2 Å². The van der Waals surface area contributed by atoms with Gasteiger partial charge in [0.1, 0.15) is 0 Å². The summed E-state index contributed by atoms with van der Waals surface area (Å²) in [7, 11) is 0. The Morgan fingerprint density at radius 3 is 2.85 bits per heavy atom. The fourth-order valence-corrected chi connectivity index (χ4v) is 1.97. The summed E-state index contributed by atoms with van der Waals surface area (Å²) < 4.78 is 2.11. The van der Waals surface area contributed by atoms with Gasteiger partial charge in [-0.3, -0.25) is 4.68 Å². The van der Waals surface area contributed by atoms with Crippen molar-refractivity contribution in [3.05, 3.63) is 17.5 Å².